The Bertz CT molecular complexity index is 1970. The molecule has 0 radical (unpaired) electrons. The summed E-state index contributed by atoms with van der Waals surface area (Å²) in [6.07, 6.45) is 40.5. The van der Waals surface area contributed by atoms with Crippen LogP contribution in [-0.2, 0) is 30.4 Å². The van der Waals surface area contributed by atoms with Gasteiger partial charge in [-0.3, -0.25) is 13.6 Å². The zero-order valence-electron chi connectivity index (χ0n) is 49.8. The predicted octanol–water partition coefficient (Wildman–Crippen LogP) is 24.0. The van der Waals surface area contributed by atoms with Crippen LogP contribution in [0.15, 0.2) is 182 Å². The third-order valence-electron chi connectivity index (χ3n) is 16.8. The van der Waals surface area contributed by atoms with E-state index in [1.165, 1.54) is 154 Å². The Morgan fingerprint density at radius 1 is 0.215 bits per heavy atom. The summed E-state index contributed by atoms with van der Waals surface area (Å²) in [6, 6.07) is 66.5. The van der Waals surface area contributed by atoms with Crippen LogP contribution in [0.25, 0.3) is 0 Å². The van der Waals surface area contributed by atoms with Gasteiger partial charge in [-0.15, -0.1) is 0 Å². The smallest absolute Gasteiger partial charge is 0.296 e. The van der Waals surface area contributed by atoms with Gasteiger partial charge in [0.15, 0.2) is 0 Å². The minimum atomic E-state index is -2.18. The fraction of sp³-hybridized carbons (Fsp3) is 0.520. The molecule has 428 valence electrons. The lowest BCUT2D eigenvalue weighted by Gasteiger charge is -2.45. The summed E-state index contributed by atoms with van der Waals surface area (Å²) in [5.74, 6) is 0. The number of rotatable bonds is 45. The van der Waals surface area contributed by atoms with Gasteiger partial charge in [-0.1, -0.05) is 376 Å². The maximum atomic E-state index is 8.31. The molecule has 0 unspecified atom stereocenters. The van der Waals surface area contributed by atoms with Gasteiger partial charge in [0.1, 0.15) is 16.8 Å². The first-order valence-electron chi connectivity index (χ1n) is 32.3. The highest BCUT2D eigenvalue weighted by Crippen LogP contribution is 2.62. The summed E-state index contributed by atoms with van der Waals surface area (Å²) in [5.41, 5.74) is 4.19. The monoisotopic (exact) mass is 1080 g/mol. The normalized spacial score (nSPS) is 12.2. The maximum Gasteiger partial charge on any atom is 0.336 e. The molecule has 0 atom stereocenters. The Morgan fingerprint density at radius 2 is 0.367 bits per heavy atom. The molecule has 0 saturated heterocycles. The number of hydrogen-bond donors (Lipinski definition) is 0. The third kappa shape index (κ3) is 21.2. The van der Waals surface area contributed by atoms with Gasteiger partial charge in [0.05, 0.1) is 0 Å². The molecular formula is C75H105O3P. The van der Waals surface area contributed by atoms with Crippen molar-refractivity contribution in [1.29, 1.82) is 0 Å². The molecule has 0 aromatic heterocycles. The largest absolute Gasteiger partial charge is 0.336 e. The highest BCUT2D eigenvalue weighted by molar-refractivity contribution is 7.41. The summed E-state index contributed by atoms with van der Waals surface area (Å²) in [6.45, 7) is 6.92. The second kappa shape index (κ2) is 38.4. The van der Waals surface area contributed by atoms with Crippen LogP contribution >= 0.6 is 8.60 Å². The molecule has 79 heavy (non-hydrogen) atoms. The van der Waals surface area contributed by atoms with E-state index in [9.17, 15) is 0 Å². The summed E-state index contributed by atoms with van der Waals surface area (Å²) >= 11 is 0. The lowest BCUT2D eigenvalue weighted by molar-refractivity contribution is -0.0253. The summed E-state index contributed by atoms with van der Waals surface area (Å²) < 4.78 is 24.9. The van der Waals surface area contributed by atoms with Gasteiger partial charge in [-0.2, -0.15) is 0 Å². The van der Waals surface area contributed by atoms with Gasteiger partial charge >= 0.3 is 8.60 Å². The van der Waals surface area contributed by atoms with Crippen molar-refractivity contribution in [3.8, 4) is 0 Å². The van der Waals surface area contributed by atoms with Gasteiger partial charge in [0.2, 0.25) is 0 Å². The second-order valence-electron chi connectivity index (χ2n) is 23.0. The molecule has 6 aromatic rings. The molecule has 4 heteroatoms. The summed E-state index contributed by atoms with van der Waals surface area (Å²) in [7, 11) is -2.18. The first-order valence-corrected chi connectivity index (χ1v) is 33.4. The number of hydrogen-bond acceptors (Lipinski definition) is 3. The van der Waals surface area contributed by atoms with Crippen molar-refractivity contribution in [2.45, 2.75) is 249 Å². The average molecular weight is 1090 g/mol. The molecule has 0 fully saturated rings. The van der Waals surface area contributed by atoms with Gasteiger partial charge < -0.3 is 0 Å². The molecule has 0 bridgehead atoms. The Morgan fingerprint density at radius 3 is 0.532 bits per heavy atom. The van der Waals surface area contributed by atoms with Crippen molar-refractivity contribution in [2.75, 3.05) is 0 Å². The van der Waals surface area contributed by atoms with Crippen molar-refractivity contribution in [2.24, 2.45) is 0 Å². The van der Waals surface area contributed by atoms with Crippen molar-refractivity contribution in [3.05, 3.63) is 215 Å². The van der Waals surface area contributed by atoms with E-state index in [2.05, 4.69) is 203 Å². The highest BCUT2D eigenvalue weighted by atomic mass is 31.2. The summed E-state index contributed by atoms with van der Waals surface area (Å²) in [4.78, 5) is 0. The van der Waals surface area contributed by atoms with E-state index < -0.39 is 25.4 Å². The van der Waals surface area contributed by atoms with E-state index in [1.54, 1.807) is 0 Å². The topological polar surface area (TPSA) is 27.7 Å². The molecule has 0 saturated carbocycles. The van der Waals surface area contributed by atoms with E-state index in [0.29, 0.717) is 0 Å². The van der Waals surface area contributed by atoms with Crippen LogP contribution in [0.4, 0.5) is 0 Å². The molecule has 0 aliphatic rings. The zero-order chi connectivity index (χ0) is 55.2. The molecule has 0 aliphatic heterocycles. The quantitative estimate of drug-likeness (QED) is 0.0282. The van der Waals surface area contributed by atoms with E-state index in [4.69, 9.17) is 13.6 Å². The van der Waals surface area contributed by atoms with Gasteiger partial charge in [-0.25, -0.2) is 0 Å². The molecule has 0 aliphatic carbocycles. The predicted molar refractivity (Wildman–Crippen MR) is 341 cm³/mol. The van der Waals surface area contributed by atoms with Crippen LogP contribution in [0.5, 0.6) is 0 Å². The summed E-state index contributed by atoms with van der Waals surface area (Å²) in [5, 5.41) is 0. The fourth-order valence-electron chi connectivity index (χ4n) is 12.1. The molecule has 6 rings (SSSR count). The Hall–Kier alpha value is -4.37. The van der Waals surface area contributed by atoms with Gasteiger partial charge in [0, 0.05) is 0 Å². The lowest BCUT2D eigenvalue weighted by Crippen LogP contribution is -2.37. The fourth-order valence-corrected chi connectivity index (χ4v) is 13.9. The van der Waals surface area contributed by atoms with Crippen LogP contribution in [0.2, 0.25) is 0 Å². The van der Waals surface area contributed by atoms with E-state index >= 15 is 0 Å². The van der Waals surface area contributed by atoms with Crippen LogP contribution in [0.1, 0.15) is 266 Å². The van der Waals surface area contributed by atoms with Crippen LogP contribution in [0.3, 0.4) is 0 Å². The van der Waals surface area contributed by atoms with Gasteiger partial charge in [0.25, 0.3) is 0 Å². The first-order chi connectivity index (χ1) is 39.1. The molecule has 0 heterocycles. The van der Waals surface area contributed by atoms with E-state index in [-0.39, 0.29) is 0 Å². The SMILES string of the molecule is CCCCCCCCCCCCC(OP(OC(CCCCCCCCCCCC)(c1ccccc1)c1ccccc1)OC(CCCCCCCCCCCC)(c1ccccc1)c1ccccc1)(c1ccccc1)c1ccccc1. The van der Waals surface area contributed by atoms with Crippen LogP contribution in [-0.4, -0.2) is 0 Å². The highest BCUT2D eigenvalue weighted by Gasteiger charge is 2.49. The Balaban J connectivity index is 1.46. The first kappa shape index (κ1) is 63.8. The molecule has 3 nitrogen and oxygen atoms in total. The molecule has 0 spiro atoms. The molecular weight excluding hydrogens is 980 g/mol. The number of benzene rings is 6. The van der Waals surface area contributed by atoms with Crippen molar-refractivity contribution >= 4 is 8.60 Å². The molecule has 0 N–H and O–H groups in total. The van der Waals surface area contributed by atoms with Crippen molar-refractivity contribution < 1.29 is 13.6 Å². The zero-order valence-corrected chi connectivity index (χ0v) is 50.7. The second-order valence-corrected chi connectivity index (χ2v) is 24.0. The Kier molecular flexibility index (Phi) is 31.0. The van der Waals surface area contributed by atoms with Crippen molar-refractivity contribution in [1.82, 2.24) is 0 Å². The lowest BCUT2D eigenvalue weighted by atomic mass is 9.82. The minimum Gasteiger partial charge on any atom is -0.296 e. The van der Waals surface area contributed by atoms with Crippen LogP contribution in [0, 0.1) is 0 Å². The Labute approximate surface area is 484 Å². The molecule has 6 aromatic carbocycles. The average Bonchev–Trinajstić information content (AvgIpc) is 3.69. The van der Waals surface area contributed by atoms with Gasteiger partial charge in [-0.05, 0) is 71.9 Å². The third-order valence-corrected chi connectivity index (χ3v) is 18.2. The van der Waals surface area contributed by atoms with Crippen molar-refractivity contribution in [3.63, 3.8) is 0 Å². The number of unbranched alkanes of at least 4 members (excludes halogenated alkanes) is 27. The maximum absolute atomic E-state index is 8.31. The van der Waals surface area contributed by atoms with E-state index in [1.807, 2.05) is 0 Å². The minimum absolute atomic E-state index is 0.799. The van der Waals surface area contributed by atoms with Crippen LogP contribution < -0.4 is 0 Å². The van der Waals surface area contributed by atoms with E-state index in [0.717, 1.165) is 91.2 Å². The standard InChI is InChI=1S/C75H105O3P/c1-4-7-10-13-16-19-22-25-28-49-64-73(67-52-37-31-38-53-67,68-54-39-32-40-55-68)76-79(77-74(69-56-41-33-42-57-69,70-58-43-34-44-59-70)65-50-29-26-23-20-17-14-11-8-5-2)78-75(71-60-45-35-46-61-71,72-62-47-36-48-63-72)66-51-30-27-24-21-18-15-12-9-6-3/h31-48,52-63H,4-30,49-51,64-66H2,1-3H3. The molecule has 0 amide bonds.